The molecule has 0 spiro atoms. The molecule has 0 atom stereocenters. The fourth-order valence-electron chi connectivity index (χ4n) is 2.56. The quantitative estimate of drug-likeness (QED) is 0.669. The minimum absolute atomic E-state index is 0.0360. The molecular formula is C18H18ClF3N2O4. The summed E-state index contributed by atoms with van der Waals surface area (Å²) < 4.78 is 47.0. The summed E-state index contributed by atoms with van der Waals surface area (Å²) in [6.45, 7) is 3.47. The smallest absolute Gasteiger partial charge is 0.422 e. The Morgan fingerprint density at radius 3 is 2.54 bits per heavy atom. The number of aromatic amines is 1. The molecule has 10 heteroatoms. The number of benzene rings is 1. The van der Waals surface area contributed by atoms with Crippen LogP contribution >= 0.6 is 11.6 Å². The van der Waals surface area contributed by atoms with Crippen LogP contribution in [0.25, 0.3) is 0 Å². The van der Waals surface area contributed by atoms with Crippen LogP contribution in [0.2, 0.25) is 5.02 Å². The Labute approximate surface area is 164 Å². The highest BCUT2D eigenvalue weighted by Gasteiger charge is 2.29. The number of H-pyrrole nitrogens is 1. The van der Waals surface area contributed by atoms with Crippen molar-refractivity contribution in [2.24, 2.45) is 0 Å². The number of anilines is 1. The van der Waals surface area contributed by atoms with Gasteiger partial charge in [0.25, 0.3) is 5.91 Å². The third-order valence-electron chi connectivity index (χ3n) is 3.73. The minimum atomic E-state index is -4.54. The summed E-state index contributed by atoms with van der Waals surface area (Å²) in [6.07, 6.45) is -4.54. The number of nitrogens with one attached hydrogen (secondary N) is 2. The van der Waals surface area contributed by atoms with Crippen molar-refractivity contribution < 1.29 is 32.2 Å². The number of carbonyl (C=O) groups is 2. The van der Waals surface area contributed by atoms with Crippen molar-refractivity contribution in [1.29, 1.82) is 0 Å². The molecule has 0 aliphatic carbocycles. The van der Waals surface area contributed by atoms with E-state index in [1.165, 1.54) is 18.2 Å². The molecule has 2 aromatic rings. The third-order valence-corrected chi connectivity index (χ3v) is 3.96. The number of rotatable bonds is 6. The molecule has 2 N–H and O–H groups in total. The molecule has 0 unspecified atom stereocenters. The zero-order chi connectivity index (χ0) is 21.1. The van der Waals surface area contributed by atoms with Gasteiger partial charge in [-0.25, -0.2) is 4.79 Å². The van der Waals surface area contributed by atoms with Gasteiger partial charge in [0.15, 0.2) is 6.61 Å². The van der Waals surface area contributed by atoms with Crippen LogP contribution in [0.5, 0.6) is 5.75 Å². The zero-order valence-electron chi connectivity index (χ0n) is 15.3. The summed E-state index contributed by atoms with van der Waals surface area (Å²) in [5.74, 6) is -1.44. The molecule has 152 valence electrons. The van der Waals surface area contributed by atoms with Crippen LogP contribution in [0.1, 0.15) is 39.0 Å². The second-order valence-electron chi connectivity index (χ2n) is 5.84. The maximum atomic E-state index is 12.6. The molecule has 0 saturated carbocycles. The number of hydrogen-bond acceptors (Lipinski definition) is 4. The Balaban J connectivity index is 2.29. The van der Waals surface area contributed by atoms with Gasteiger partial charge >= 0.3 is 12.1 Å². The Hall–Kier alpha value is -2.68. The molecule has 1 heterocycles. The Kier molecular flexibility index (Phi) is 6.60. The lowest BCUT2D eigenvalue weighted by Crippen LogP contribution is -2.20. The highest BCUT2D eigenvalue weighted by atomic mass is 35.5. The molecule has 2 rings (SSSR count). The van der Waals surface area contributed by atoms with Crippen LogP contribution in [0.4, 0.5) is 18.9 Å². The lowest BCUT2D eigenvalue weighted by Gasteiger charge is -2.14. The summed E-state index contributed by atoms with van der Waals surface area (Å²) >= 11 is 5.88. The van der Waals surface area contributed by atoms with Crippen molar-refractivity contribution >= 4 is 29.2 Å². The number of amides is 1. The maximum Gasteiger partial charge on any atom is 0.422 e. The average Bonchev–Trinajstić information content (AvgIpc) is 2.88. The van der Waals surface area contributed by atoms with E-state index in [0.29, 0.717) is 11.3 Å². The average molecular weight is 419 g/mol. The largest absolute Gasteiger partial charge is 0.482 e. The van der Waals surface area contributed by atoms with Gasteiger partial charge in [0, 0.05) is 10.7 Å². The Bertz CT molecular complexity index is 894. The number of carbonyl (C=O) groups excluding carboxylic acids is 2. The van der Waals surface area contributed by atoms with E-state index in [2.05, 4.69) is 10.3 Å². The second kappa shape index (κ2) is 8.55. The van der Waals surface area contributed by atoms with Gasteiger partial charge < -0.3 is 19.8 Å². The first-order valence-electron chi connectivity index (χ1n) is 8.20. The first-order valence-corrected chi connectivity index (χ1v) is 8.58. The number of halogens is 4. The van der Waals surface area contributed by atoms with Crippen molar-refractivity contribution in [2.45, 2.75) is 26.9 Å². The molecule has 28 heavy (non-hydrogen) atoms. The van der Waals surface area contributed by atoms with Crippen LogP contribution in [-0.4, -0.2) is 36.3 Å². The molecular weight excluding hydrogens is 401 g/mol. The van der Waals surface area contributed by atoms with Gasteiger partial charge in [-0.2, -0.15) is 13.2 Å². The molecule has 1 aromatic heterocycles. The normalized spacial score (nSPS) is 11.2. The van der Waals surface area contributed by atoms with E-state index in [-0.39, 0.29) is 34.3 Å². The lowest BCUT2D eigenvalue weighted by atomic mass is 10.1. The number of aryl methyl sites for hydroxylation is 1. The van der Waals surface area contributed by atoms with E-state index in [4.69, 9.17) is 21.1 Å². The number of aromatic nitrogens is 1. The van der Waals surface area contributed by atoms with E-state index < -0.39 is 24.7 Å². The van der Waals surface area contributed by atoms with Crippen molar-refractivity contribution in [1.82, 2.24) is 4.98 Å². The van der Waals surface area contributed by atoms with Crippen molar-refractivity contribution in [3.05, 3.63) is 45.7 Å². The highest BCUT2D eigenvalue weighted by molar-refractivity contribution is 6.31. The molecule has 0 aliphatic rings. The molecule has 1 amide bonds. The second-order valence-corrected chi connectivity index (χ2v) is 6.28. The predicted octanol–water partition coefficient (Wildman–Crippen LogP) is 4.66. The van der Waals surface area contributed by atoms with Gasteiger partial charge in [-0.3, -0.25) is 4.79 Å². The lowest BCUT2D eigenvalue weighted by molar-refractivity contribution is -0.153. The van der Waals surface area contributed by atoms with Crippen molar-refractivity contribution in [3.63, 3.8) is 0 Å². The monoisotopic (exact) mass is 418 g/mol. The summed E-state index contributed by atoms with van der Waals surface area (Å²) in [5.41, 5.74) is 1.05. The third kappa shape index (κ3) is 5.19. The zero-order valence-corrected chi connectivity index (χ0v) is 16.0. The van der Waals surface area contributed by atoms with Crippen molar-refractivity contribution in [2.75, 3.05) is 18.5 Å². The minimum Gasteiger partial charge on any atom is -0.482 e. The topological polar surface area (TPSA) is 80.4 Å². The maximum absolute atomic E-state index is 12.6. The van der Waals surface area contributed by atoms with Gasteiger partial charge in [-0.15, -0.1) is 0 Å². The SMILES string of the molecule is CCOC(=O)c1c(C)[nH]c(C(=O)Nc2cc(Cl)ccc2OCC(F)(F)F)c1C. The van der Waals surface area contributed by atoms with Gasteiger partial charge in [0.1, 0.15) is 11.4 Å². The fraction of sp³-hybridized carbons (Fsp3) is 0.333. The van der Waals surface area contributed by atoms with Crippen LogP contribution in [0.3, 0.4) is 0 Å². The number of ether oxygens (including phenoxy) is 2. The van der Waals surface area contributed by atoms with E-state index in [1.54, 1.807) is 20.8 Å². The molecule has 0 radical (unpaired) electrons. The van der Waals surface area contributed by atoms with Crippen LogP contribution in [0.15, 0.2) is 18.2 Å². The van der Waals surface area contributed by atoms with Crippen LogP contribution in [0, 0.1) is 13.8 Å². The molecule has 0 aliphatic heterocycles. The number of alkyl halides is 3. The predicted molar refractivity (Wildman–Crippen MR) is 97.2 cm³/mol. The van der Waals surface area contributed by atoms with Crippen LogP contribution < -0.4 is 10.1 Å². The highest BCUT2D eigenvalue weighted by Crippen LogP contribution is 2.30. The molecule has 0 fully saturated rings. The van der Waals surface area contributed by atoms with Gasteiger partial charge in [0.05, 0.1) is 17.9 Å². The summed E-state index contributed by atoms with van der Waals surface area (Å²) in [5, 5.41) is 2.65. The van der Waals surface area contributed by atoms with Crippen LogP contribution in [-0.2, 0) is 4.74 Å². The molecule has 1 aromatic carbocycles. The standard InChI is InChI=1S/C18H18ClF3N2O4/c1-4-27-17(26)14-9(2)15(23-10(14)3)16(25)24-12-7-11(19)5-6-13(12)28-8-18(20,21)22/h5-7,23H,4,8H2,1-3H3,(H,24,25). The van der Waals surface area contributed by atoms with Gasteiger partial charge in [0.2, 0.25) is 0 Å². The first-order chi connectivity index (χ1) is 13.0. The van der Waals surface area contributed by atoms with Crippen molar-refractivity contribution in [3.8, 4) is 5.75 Å². The van der Waals surface area contributed by atoms with Gasteiger partial charge in [-0.05, 0) is 44.5 Å². The summed E-state index contributed by atoms with van der Waals surface area (Å²) in [4.78, 5) is 27.5. The number of hydrogen-bond donors (Lipinski definition) is 2. The first kappa shape index (κ1) is 21.6. The van der Waals surface area contributed by atoms with E-state index >= 15 is 0 Å². The molecule has 0 bridgehead atoms. The van der Waals surface area contributed by atoms with E-state index in [0.717, 1.165) is 0 Å². The Morgan fingerprint density at radius 1 is 1.25 bits per heavy atom. The molecule has 6 nitrogen and oxygen atoms in total. The Morgan fingerprint density at radius 2 is 1.93 bits per heavy atom. The summed E-state index contributed by atoms with van der Waals surface area (Å²) in [6, 6.07) is 3.83. The van der Waals surface area contributed by atoms with Gasteiger partial charge in [-0.1, -0.05) is 11.6 Å². The fourth-order valence-corrected chi connectivity index (χ4v) is 2.73. The van der Waals surface area contributed by atoms with E-state index in [1.807, 2.05) is 0 Å². The summed E-state index contributed by atoms with van der Waals surface area (Å²) in [7, 11) is 0. The number of esters is 1. The molecule has 0 saturated heterocycles. The van der Waals surface area contributed by atoms with E-state index in [9.17, 15) is 22.8 Å².